The largest absolute Gasteiger partial charge is 0.374 e. The predicted octanol–water partition coefficient (Wildman–Crippen LogP) is 2.22. The Kier molecular flexibility index (Phi) is 5.58. The highest BCUT2D eigenvalue weighted by atomic mass is 32.2. The molecule has 0 aromatic heterocycles. The SMILES string of the molecule is CC(C)C(CN(C)C)NC1CCOC2(CCSC2)C1. The highest BCUT2D eigenvalue weighted by Gasteiger charge is 2.40. The highest BCUT2D eigenvalue weighted by molar-refractivity contribution is 7.99. The third-order valence-corrected chi connectivity index (χ3v) is 5.60. The summed E-state index contributed by atoms with van der Waals surface area (Å²) in [5.41, 5.74) is 0.195. The molecular weight excluding hydrogens is 256 g/mol. The van der Waals surface area contributed by atoms with Gasteiger partial charge in [-0.05, 0) is 45.0 Å². The van der Waals surface area contributed by atoms with E-state index >= 15 is 0 Å². The first-order valence-electron chi connectivity index (χ1n) is 7.63. The third-order valence-electron chi connectivity index (χ3n) is 4.38. The van der Waals surface area contributed by atoms with Gasteiger partial charge in [-0.15, -0.1) is 0 Å². The molecule has 2 rings (SSSR count). The molecule has 0 aliphatic carbocycles. The Hall–Kier alpha value is 0.230. The van der Waals surface area contributed by atoms with Crippen molar-refractivity contribution in [3.63, 3.8) is 0 Å². The maximum atomic E-state index is 6.11. The van der Waals surface area contributed by atoms with E-state index in [1.165, 1.54) is 30.8 Å². The molecule has 3 atom stereocenters. The van der Waals surface area contributed by atoms with Crippen LogP contribution in [0.15, 0.2) is 0 Å². The molecule has 0 aromatic carbocycles. The summed E-state index contributed by atoms with van der Waals surface area (Å²) in [6.45, 7) is 6.70. The fraction of sp³-hybridized carbons (Fsp3) is 1.00. The van der Waals surface area contributed by atoms with Crippen LogP contribution in [0, 0.1) is 5.92 Å². The summed E-state index contributed by atoms with van der Waals surface area (Å²) in [6.07, 6.45) is 3.62. The Morgan fingerprint density at radius 2 is 2.21 bits per heavy atom. The summed E-state index contributed by atoms with van der Waals surface area (Å²) >= 11 is 2.06. The van der Waals surface area contributed by atoms with Crippen LogP contribution >= 0.6 is 11.8 Å². The van der Waals surface area contributed by atoms with Gasteiger partial charge in [0.15, 0.2) is 0 Å². The normalized spacial score (nSPS) is 33.5. The first kappa shape index (κ1) is 15.6. The molecule has 0 saturated carbocycles. The van der Waals surface area contributed by atoms with E-state index in [0.717, 1.165) is 13.2 Å². The Morgan fingerprint density at radius 3 is 2.79 bits per heavy atom. The molecule has 3 nitrogen and oxygen atoms in total. The number of rotatable bonds is 5. The van der Waals surface area contributed by atoms with Crippen molar-refractivity contribution in [1.29, 1.82) is 0 Å². The number of likely N-dealkylation sites (N-methyl/N-ethyl adjacent to an activating group) is 1. The van der Waals surface area contributed by atoms with Crippen LogP contribution in [0.1, 0.15) is 33.1 Å². The smallest absolute Gasteiger partial charge is 0.0795 e. The molecule has 2 saturated heterocycles. The fourth-order valence-corrected chi connectivity index (χ4v) is 4.56. The van der Waals surface area contributed by atoms with Crippen molar-refractivity contribution in [1.82, 2.24) is 10.2 Å². The van der Waals surface area contributed by atoms with Crippen LogP contribution in [0.25, 0.3) is 0 Å². The lowest BCUT2D eigenvalue weighted by molar-refractivity contribution is -0.0722. The van der Waals surface area contributed by atoms with Crippen molar-refractivity contribution in [2.24, 2.45) is 5.92 Å². The first-order valence-corrected chi connectivity index (χ1v) is 8.79. The molecule has 0 amide bonds. The number of hydrogen-bond donors (Lipinski definition) is 1. The number of thioether (sulfide) groups is 1. The molecular formula is C15H30N2OS. The van der Waals surface area contributed by atoms with E-state index in [0.29, 0.717) is 18.0 Å². The molecule has 3 unspecified atom stereocenters. The quantitative estimate of drug-likeness (QED) is 0.837. The monoisotopic (exact) mass is 286 g/mol. The molecule has 4 heteroatoms. The van der Waals surface area contributed by atoms with Gasteiger partial charge in [-0.25, -0.2) is 0 Å². The van der Waals surface area contributed by atoms with Gasteiger partial charge in [-0.1, -0.05) is 13.8 Å². The van der Waals surface area contributed by atoms with Gasteiger partial charge in [0.05, 0.1) is 5.60 Å². The molecule has 112 valence electrons. The predicted molar refractivity (Wildman–Crippen MR) is 84.0 cm³/mol. The summed E-state index contributed by atoms with van der Waals surface area (Å²) in [5, 5.41) is 3.91. The summed E-state index contributed by atoms with van der Waals surface area (Å²) in [6, 6.07) is 1.23. The molecule has 1 spiro atoms. The molecule has 2 fully saturated rings. The minimum absolute atomic E-state index is 0.195. The number of ether oxygens (including phenoxy) is 1. The Balaban J connectivity index is 1.89. The molecule has 2 aliphatic heterocycles. The molecule has 2 heterocycles. The first-order chi connectivity index (χ1) is 9.01. The topological polar surface area (TPSA) is 24.5 Å². The maximum absolute atomic E-state index is 6.11. The number of hydrogen-bond acceptors (Lipinski definition) is 4. The molecule has 0 aromatic rings. The van der Waals surface area contributed by atoms with Crippen molar-refractivity contribution in [2.75, 3.05) is 38.8 Å². The van der Waals surface area contributed by atoms with Gasteiger partial charge in [0.1, 0.15) is 0 Å². The van der Waals surface area contributed by atoms with E-state index in [4.69, 9.17) is 4.74 Å². The zero-order valence-corrected chi connectivity index (χ0v) is 13.8. The van der Waals surface area contributed by atoms with Gasteiger partial charge in [0, 0.05) is 31.0 Å². The van der Waals surface area contributed by atoms with Crippen LogP contribution in [0.3, 0.4) is 0 Å². The lowest BCUT2D eigenvalue weighted by Gasteiger charge is -2.40. The molecule has 1 N–H and O–H groups in total. The van der Waals surface area contributed by atoms with Crippen LogP contribution in [-0.2, 0) is 4.74 Å². The maximum Gasteiger partial charge on any atom is 0.0795 e. The van der Waals surface area contributed by atoms with Gasteiger partial charge in [-0.2, -0.15) is 11.8 Å². The van der Waals surface area contributed by atoms with E-state index in [1.54, 1.807) is 0 Å². The fourth-order valence-electron chi connectivity index (χ4n) is 3.19. The number of nitrogens with one attached hydrogen (secondary N) is 1. The van der Waals surface area contributed by atoms with Gasteiger partial charge >= 0.3 is 0 Å². The zero-order valence-electron chi connectivity index (χ0n) is 12.9. The minimum atomic E-state index is 0.195. The van der Waals surface area contributed by atoms with Crippen molar-refractivity contribution in [3.05, 3.63) is 0 Å². The lowest BCUT2D eigenvalue weighted by atomic mass is 9.88. The van der Waals surface area contributed by atoms with Crippen molar-refractivity contribution in [2.45, 2.75) is 50.8 Å². The molecule has 19 heavy (non-hydrogen) atoms. The van der Waals surface area contributed by atoms with E-state index in [-0.39, 0.29) is 5.60 Å². The van der Waals surface area contributed by atoms with E-state index in [9.17, 15) is 0 Å². The van der Waals surface area contributed by atoms with Crippen LogP contribution < -0.4 is 5.32 Å². The Morgan fingerprint density at radius 1 is 1.42 bits per heavy atom. The molecule has 0 radical (unpaired) electrons. The second-order valence-electron chi connectivity index (χ2n) is 6.80. The summed E-state index contributed by atoms with van der Waals surface area (Å²) in [5.74, 6) is 3.16. The second-order valence-corrected chi connectivity index (χ2v) is 7.91. The summed E-state index contributed by atoms with van der Waals surface area (Å²) in [4.78, 5) is 2.29. The van der Waals surface area contributed by atoms with Gasteiger partial charge in [0.2, 0.25) is 0 Å². The van der Waals surface area contributed by atoms with Crippen molar-refractivity contribution in [3.8, 4) is 0 Å². The summed E-state index contributed by atoms with van der Waals surface area (Å²) in [7, 11) is 4.33. The second kappa shape index (κ2) is 6.79. The van der Waals surface area contributed by atoms with Crippen LogP contribution in [0.4, 0.5) is 0 Å². The van der Waals surface area contributed by atoms with Gasteiger partial charge in [-0.3, -0.25) is 0 Å². The zero-order chi connectivity index (χ0) is 13.9. The third kappa shape index (κ3) is 4.35. The number of nitrogens with zero attached hydrogens (tertiary/aromatic N) is 1. The minimum Gasteiger partial charge on any atom is -0.374 e. The van der Waals surface area contributed by atoms with Gasteiger partial charge < -0.3 is 15.0 Å². The average Bonchev–Trinajstić information content (AvgIpc) is 2.76. The van der Waals surface area contributed by atoms with Crippen molar-refractivity contribution < 1.29 is 4.74 Å². The van der Waals surface area contributed by atoms with Crippen LogP contribution in [-0.4, -0.2) is 61.3 Å². The van der Waals surface area contributed by atoms with E-state index < -0.39 is 0 Å². The van der Waals surface area contributed by atoms with E-state index in [1.807, 2.05) is 0 Å². The summed E-state index contributed by atoms with van der Waals surface area (Å²) < 4.78 is 6.11. The standard InChI is InChI=1S/C15H30N2OS/c1-12(2)14(10-17(3)4)16-13-5-7-18-15(9-13)6-8-19-11-15/h12-14,16H,5-11H2,1-4H3. The van der Waals surface area contributed by atoms with Gasteiger partial charge in [0.25, 0.3) is 0 Å². The van der Waals surface area contributed by atoms with E-state index in [2.05, 4.69) is 49.9 Å². The molecule has 2 aliphatic rings. The lowest BCUT2D eigenvalue weighted by Crippen LogP contribution is -2.53. The van der Waals surface area contributed by atoms with Crippen LogP contribution in [0.5, 0.6) is 0 Å². The highest BCUT2D eigenvalue weighted by Crippen LogP contribution is 2.38. The molecule has 0 bridgehead atoms. The van der Waals surface area contributed by atoms with Crippen LogP contribution in [0.2, 0.25) is 0 Å². The Labute approximate surface area is 122 Å². The Bertz CT molecular complexity index is 277. The van der Waals surface area contributed by atoms with Crippen molar-refractivity contribution >= 4 is 11.8 Å². The average molecular weight is 286 g/mol.